The summed E-state index contributed by atoms with van der Waals surface area (Å²) >= 11 is 0. The van der Waals surface area contributed by atoms with Crippen molar-refractivity contribution in [3.63, 3.8) is 0 Å². The molecule has 0 saturated heterocycles. The third kappa shape index (κ3) is 3.48. The fraction of sp³-hybridized carbons (Fsp3) is 0.400. The van der Waals surface area contributed by atoms with Crippen LogP contribution in [0.15, 0.2) is 18.2 Å². The molecule has 0 aliphatic rings. The van der Waals surface area contributed by atoms with E-state index in [4.69, 9.17) is 4.52 Å². The van der Waals surface area contributed by atoms with Crippen LogP contribution in [0, 0.1) is 6.92 Å². The Morgan fingerprint density at radius 1 is 1.17 bits per heavy atom. The van der Waals surface area contributed by atoms with Crippen molar-refractivity contribution in [2.45, 2.75) is 13.1 Å². The lowest BCUT2D eigenvalue weighted by molar-refractivity contribution is -0.137. The number of hydrogen-bond acceptors (Lipinski definition) is 4. The molecule has 0 amide bonds. The maximum Gasteiger partial charge on any atom is 0.529 e. The summed E-state index contributed by atoms with van der Waals surface area (Å²) in [6.07, 6.45) is -4.44. The van der Waals surface area contributed by atoms with Gasteiger partial charge in [-0.25, -0.2) is 4.57 Å². The fourth-order valence-corrected chi connectivity index (χ4v) is 1.94. The average Bonchev–Trinajstić information content (AvgIpc) is 2.30. The summed E-state index contributed by atoms with van der Waals surface area (Å²) in [5, 5.41) is 0. The third-order valence-electron chi connectivity index (χ3n) is 2.16. The molecule has 1 aromatic rings. The number of halogens is 3. The van der Waals surface area contributed by atoms with Gasteiger partial charge in [0.2, 0.25) is 0 Å². The molecule has 0 aromatic heterocycles. The van der Waals surface area contributed by atoms with Gasteiger partial charge in [0.15, 0.2) is 0 Å². The zero-order valence-corrected chi connectivity index (χ0v) is 10.8. The lowest BCUT2D eigenvalue weighted by atomic mass is 10.1. The average molecular weight is 284 g/mol. The van der Waals surface area contributed by atoms with Crippen molar-refractivity contribution in [2.24, 2.45) is 0 Å². The van der Waals surface area contributed by atoms with Gasteiger partial charge >= 0.3 is 14.0 Å². The van der Waals surface area contributed by atoms with Gasteiger partial charge in [-0.3, -0.25) is 9.05 Å². The largest absolute Gasteiger partial charge is 0.529 e. The van der Waals surface area contributed by atoms with E-state index in [0.717, 1.165) is 32.4 Å². The maximum absolute atomic E-state index is 12.4. The van der Waals surface area contributed by atoms with Crippen molar-refractivity contribution in [1.82, 2.24) is 0 Å². The van der Waals surface area contributed by atoms with Gasteiger partial charge in [-0.1, -0.05) is 0 Å². The van der Waals surface area contributed by atoms with E-state index in [1.807, 2.05) is 0 Å². The second-order valence-electron chi connectivity index (χ2n) is 3.38. The molecule has 0 radical (unpaired) electrons. The van der Waals surface area contributed by atoms with Gasteiger partial charge in [-0.05, 0) is 30.7 Å². The summed E-state index contributed by atoms with van der Waals surface area (Å²) in [4.78, 5) is 0. The van der Waals surface area contributed by atoms with Gasteiger partial charge in [0.1, 0.15) is 5.75 Å². The highest BCUT2D eigenvalue weighted by atomic mass is 31.2. The molecule has 0 N–H and O–H groups in total. The van der Waals surface area contributed by atoms with Crippen LogP contribution in [-0.4, -0.2) is 14.2 Å². The summed E-state index contributed by atoms with van der Waals surface area (Å²) < 4.78 is 62.9. The maximum atomic E-state index is 12.4. The Labute approximate surface area is 102 Å². The zero-order valence-electron chi connectivity index (χ0n) is 9.95. The summed E-state index contributed by atoms with van der Waals surface area (Å²) in [5.74, 6) is 0.00929. The van der Waals surface area contributed by atoms with E-state index in [-0.39, 0.29) is 11.3 Å². The molecule has 18 heavy (non-hydrogen) atoms. The van der Waals surface area contributed by atoms with Crippen LogP contribution in [-0.2, 0) is 19.8 Å². The van der Waals surface area contributed by atoms with Crippen molar-refractivity contribution in [2.75, 3.05) is 14.2 Å². The predicted molar refractivity (Wildman–Crippen MR) is 58.4 cm³/mol. The Hall–Kier alpha value is -1.04. The molecule has 1 aromatic carbocycles. The van der Waals surface area contributed by atoms with E-state index < -0.39 is 19.6 Å². The molecule has 0 fully saturated rings. The predicted octanol–water partition coefficient (Wildman–Crippen LogP) is 3.79. The Morgan fingerprint density at radius 2 is 1.72 bits per heavy atom. The standard InChI is InChI=1S/C10H12F3O4P/c1-7-6-8(10(11,12)13)4-5-9(7)17-18(14,15-2)16-3/h4-6H,1-3H3. The van der Waals surface area contributed by atoms with E-state index in [0.29, 0.717) is 0 Å². The minimum atomic E-state index is -4.44. The first-order valence-electron chi connectivity index (χ1n) is 4.81. The molecule has 0 aliphatic carbocycles. The normalized spacial score (nSPS) is 12.6. The van der Waals surface area contributed by atoms with Gasteiger partial charge in [0.05, 0.1) is 5.56 Å². The van der Waals surface area contributed by atoms with Crippen LogP contribution in [0.4, 0.5) is 13.2 Å². The summed E-state index contributed by atoms with van der Waals surface area (Å²) in [6.45, 7) is 1.40. The SMILES string of the molecule is COP(=O)(OC)Oc1ccc(C(F)(F)F)cc1C. The third-order valence-corrected chi connectivity index (χ3v) is 3.47. The molecular weight excluding hydrogens is 272 g/mol. The zero-order chi connectivity index (χ0) is 14.0. The highest BCUT2D eigenvalue weighted by Gasteiger charge is 2.32. The summed E-state index contributed by atoms with van der Waals surface area (Å²) in [7, 11) is -1.54. The first kappa shape index (κ1) is 15.0. The van der Waals surface area contributed by atoms with Gasteiger partial charge < -0.3 is 4.52 Å². The lowest BCUT2D eigenvalue weighted by Gasteiger charge is -2.16. The minimum Gasteiger partial charge on any atom is -0.404 e. The summed E-state index contributed by atoms with van der Waals surface area (Å²) in [6, 6.07) is 2.80. The van der Waals surface area contributed by atoms with Crippen LogP contribution in [0.5, 0.6) is 5.75 Å². The molecule has 0 heterocycles. The number of hydrogen-bond donors (Lipinski definition) is 0. The number of alkyl halides is 3. The van der Waals surface area contributed by atoms with Crippen molar-refractivity contribution < 1.29 is 31.3 Å². The van der Waals surface area contributed by atoms with Crippen LogP contribution in [0.25, 0.3) is 0 Å². The monoisotopic (exact) mass is 284 g/mol. The lowest BCUT2D eigenvalue weighted by Crippen LogP contribution is -2.06. The second-order valence-corrected chi connectivity index (χ2v) is 5.19. The van der Waals surface area contributed by atoms with Crippen molar-refractivity contribution in [3.8, 4) is 5.75 Å². The second kappa shape index (κ2) is 5.30. The molecule has 0 atom stereocenters. The molecule has 0 aliphatic heterocycles. The van der Waals surface area contributed by atoms with Crippen LogP contribution < -0.4 is 4.52 Å². The number of rotatable bonds is 4. The topological polar surface area (TPSA) is 44.8 Å². The molecule has 1 rings (SSSR count). The molecule has 8 heteroatoms. The fourth-order valence-electron chi connectivity index (χ4n) is 1.20. The molecule has 0 bridgehead atoms. The smallest absolute Gasteiger partial charge is 0.404 e. The molecule has 0 saturated carbocycles. The number of benzene rings is 1. The molecule has 0 unspecified atom stereocenters. The van der Waals surface area contributed by atoms with E-state index in [9.17, 15) is 17.7 Å². The first-order chi connectivity index (χ1) is 8.22. The van der Waals surface area contributed by atoms with E-state index >= 15 is 0 Å². The Morgan fingerprint density at radius 3 is 2.11 bits per heavy atom. The van der Waals surface area contributed by atoms with Gasteiger partial charge in [0, 0.05) is 14.2 Å². The van der Waals surface area contributed by atoms with E-state index in [1.165, 1.54) is 6.92 Å². The Bertz CT molecular complexity index is 465. The summed E-state index contributed by atoms with van der Waals surface area (Å²) in [5.41, 5.74) is -0.629. The number of phosphoric ester groups is 1. The molecule has 102 valence electrons. The van der Waals surface area contributed by atoms with Crippen LogP contribution in [0.3, 0.4) is 0 Å². The number of aryl methyl sites for hydroxylation is 1. The highest BCUT2D eigenvalue weighted by molar-refractivity contribution is 7.48. The van der Waals surface area contributed by atoms with Crippen molar-refractivity contribution in [3.05, 3.63) is 29.3 Å². The minimum absolute atomic E-state index is 0.00929. The number of phosphoric acid groups is 1. The van der Waals surface area contributed by atoms with E-state index in [2.05, 4.69) is 9.05 Å². The first-order valence-corrected chi connectivity index (χ1v) is 6.27. The Kier molecular flexibility index (Phi) is 4.42. The Balaban J connectivity index is 3.04. The van der Waals surface area contributed by atoms with E-state index in [1.54, 1.807) is 0 Å². The van der Waals surface area contributed by atoms with Crippen LogP contribution in [0.2, 0.25) is 0 Å². The quantitative estimate of drug-likeness (QED) is 0.789. The van der Waals surface area contributed by atoms with Gasteiger partial charge in [0.25, 0.3) is 0 Å². The van der Waals surface area contributed by atoms with Crippen LogP contribution >= 0.6 is 7.82 Å². The van der Waals surface area contributed by atoms with Crippen molar-refractivity contribution >= 4 is 7.82 Å². The molecular formula is C10H12F3O4P. The molecule has 4 nitrogen and oxygen atoms in total. The highest BCUT2D eigenvalue weighted by Crippen LogP contribution is 2.48. The van der Waals surface area contributed by atoms with Gasteiger partial charge in [-0.2, -0.15) is 13.2 Å². The van der Waals surface area contributed by atoms with Gasteiger partial charge in [-0.15, -0.1) is 0 Å². The van der Waals surface area contributed by atoms with Crippen molar-refractivity contribution in [1.29, 1.82) is 0 Å². The molecule has 0 spiro atoms. The van der Waals surface area contributed by atoms with Crippen LogP contribution in [0.1, 0.15) is 11.1 Å².